The zero-order valence-corrected chi connectivity index (χ0v) is 16.1. The molecule has 2 aliphatic heterocycles. The van der Waals surface area contributed by atoms with Gasteiger partial charge in [-0.1, -0.05) is 0 Å². The Morgan fingerprint density at radius 2 is 2.20 bits per heavy atom. The first-order valence-electron chi connectivity index (χ1n) is 6.62. The number of hydrogen-bond acceptors (Lipinski definition) is 8. The molecule has 1 fully saturated rings. The largest absolute Gasteiger partial charge is 1.00 e. The molecule has 3 heterocycles. The fourth-order valence-electron chi connectivity index (χ4n) is 2.55. The van der Waals surface area contributed by atoms with Gasteiger partial charge in [0.25, 0.3) is 5.91 Å². The minimum absolute atomic E-state index is 0. The van der Waals surface area contributed by atoms with Gasteiger partial charge in [0.05, 0.1) is 25.5 Å². The summed E-state index contributed by atoms with van der Waals surface area (Å²) in [6.07, 6.45) is 2.89. The van der Waals surface area contributed by atoms with Crippen molar-refractivity contribution in [1.29, 1.82) is 0 Å². The van der Waals surface area contributed by atoms with Crippen LogP contribution in [0.1, 0.15) is 10.5 Å². The monoisotopic (exact) mass is 381 g/mol. The van der Waals surface area contributed by atoms with Crippen molar-refractivity contribution < 1.29 is 61.2 Å². The summed E-state index contributed by atoms with van der Waals surface area (Å²) in [7, 11) is -3.80. The number of fused-ring (bicyclic) bond motifs is 2. The summed E-state index contributed by atoms with van der Waals surface area (Å²) >= 11 is 0. The smallest absolute Gasteiger partial charge is 0.724 e. The third-order valence-corrected chi connectivity index (χ3v) is 3.76. The Morgan fingerprint density at radius 1 is 1.48 bits per heavy atom. The summed E-state index contributed by atoms with van der Waals surface area (Å²) in [5, 5.41) is 4.51. The number of carbonyl (C=O) groups is 2. The van der Waals surface area contributed by atoms with Crippen LogP contribution in [0.3, 0.4) is 0 Å². The first kappa shape index (κ1) is 19.8. The van der Waals surface area contributed by atoms with Crippen molar-refractivity contribution in [3.05, 3.63) is 24.0 Å². The molecule has 2 aliphatic rings. The van der Waals surface area contributed by atoms with Gasteiger partial charge in [-0.2, -0.15) is 14.4 Å². The van der Waals surface area contributed by atoms with Crippen LogP contribution < -0.4 is 35.0 Å². The van der Waals surface area contributed by atoms with Crippen molar-refractivity contribution in [2.24, 2.45) is 0 Å². The summed E-state index contributed by atoms with van der Waals surface area (Å²) < 4.78 is 37.7. The Labute approximate surface area is 164 Å². The molecule has 1 aromatic heterocycles. The molecule has 1 atom stereocenters. The summed E-state index contributed by atoms with van der Waals surface area (Å²) in [4.78, 5) is 29.8. The third kappa shape index (κ3) is 4.03. The van der Waals surface area contributed by atoms with Gasteiger partial charge in [-0.25, -0.2) is 23.4 Å². The van der Waals surface area contributed by atoms with Crippen molar-refractivity contribution in [2.45, 2.75) is 6.04 Å². The van der Waals surface area contributed by atoms with Crippen LogP contribution >= 0.6 is 0 Å². The number of rotatable bonds is 5. The Hall–Kier alpha value is -1.48. The minimum atomic E-state index is -5.08. The number of aromatic nitrogens is 2. The molecule has 3 amide bonds. The van der Waals surface area contributed by atoms with Crippen molar-refractivity contribution in [2.75, 3.05) is 20.2 Å². The normalized spacial score (nSPS) is 19.5. The summed E-state index contributed by atoms with van der Waals surface area (Å²) in [5.74, 6) is -0.551. The van der Waals surface area contributed by atoms with E-state index in [1.807, 2.05) is 0 Å². The number of urea groups is 1. The van der Waals surface area contributed by atoms with Crippen molar-refractivity contribution in [3.63, 3.8) is 0 Å². The average Bonchev–Trinajstić information content (AvgIpc) is 3.07. The quantitative estimate of drug-likeness (QED) is 0.233. The topological polar surface area (TPSA) is 146 Å². The molecule has 0 radical (unpaired) electrons. The van der Waals surface area contributed by atoms with Gasteiger partial charge in [0.15, 0.2) is 0 Å². The van der Waals surface area contributed by atoms with Gasteiger partial charge < -0.3 is 9.45 Å². The minimum Gasteiger partial charge on any atom is -0.724 e. The molecule has 25 heavy (non-hydrogen) atoms. The average molecular weight is 381 g/mol. The van der Waals surface area contributed by atoms with Crippen molar-refractivity contribution >= 4 is 28.0 Å². The number of amides is 3. The number of nitrogens with zero attached hydrogens (tertiary/aromatic N) is 4. The molecule has 0 spiro atoms. The molecule has 3 rings (SSSR count). The molecule has 130 valence electrons. The summed E-state index contributed by atoms with van der Waals surface area (Å²) in [6.45, 7) is 0.210. The molecule has 14 heteroatoms. The molecule has 0 saturated carbocycles. The van der Waals surface area contributed by atoms with Gasteiger partial charge >= 0.3 is 35.6 Å². The maximum atomic E-state index is 12.1. The predicted octanol–water partition coefficient (Wildman–Crippen LogP) is -4.47. The van der Waals surface area contributed by atoms with E-state index < -0.39 is 28.4 Å². The van der Waals surface area contributed by atoms with E-state index in [4.69, 9.17) is 0 Å². The van der Waals surface area contributed by atoms with E-state index in [0.717, 1.165) is 0 Å². The molecule has 1 aromatic rings. The third-order valence-electron chi connectivity index (χ3n) is 3.42. The zero-order chi connectivity index (χ0) is 17.5. The first-order chi connectivity index (χ1) is 11.3. The maximum Gasteiger partial charge on any atom is 1.00 e. The van der Waals surface area contributed by atoms with Crippen LogP contribution in [0.4, 0.5) is 4.79 Å². The second-order valence-corrected chi connectivity index (χ2v) is 5.93. The van der Waals surface area contributed by atoms with E-state index in [1.54, 1.807) is 0 Å². The Kier molecular flexibility index (Phi) is 5.88. The van der Waals surface area contributed by atoms with E-state index in [-0.39, 0.29) is 48.3 Å². The van der Waals surface area contributed by atoms with Gasteiger partial charge in [-0.05, 0) is 12.1 Å². The van der Waals surface area contributed by atoms with Crippen LogP contribution in [-0.2, 0) is 19.5 Å². The van der Waals surface area contributed by atoms with Crippen LogP contribution in [-0.4, -0.2) is 70.9 Å². The van der Waals surface area contributed by atoms with Crippen LogP contribution in [0, 0.1) is 0 Å². The van der Waals surface area contributed by atoms with Gasteiger partial charge in [-0.15, -0.1) is 0 Å². The number of nitrogens with one attached hydrogen (secondary N) is 1. The Balaban J connectivity index is 0.00000225. The molecule has 0 aromatic carbocycles. The Bertz CT molecular complexity index is 823. The van der Waals surface area contributed by atoms with Crippen LogP contribution in [0.2, 0.25) is 0 Å². The molecular formula is C11H12N5NaO7S. The standard InChI is InChI=1S/C11H13N5O7S.Na/c1-22-13-10(17)9-2-3-12-15(9)7-4-8-6-14(5-7)11(18)16(8)23-24(19,20)21;/h2-4,8H,5-6H2,1H3,(H,13,17)(H,19,20,21);/q;+1/p-1. The van der Waals surface area contributed by atoms with Crippen molar-refractivity contribution in [1.82, 2.24) is 25.2 Å². The van der Waals surface area contributed by atoms with Crippen molar-refractivity contribution in [3.8, 4) is 0 Å². The predicted molar refractivity (Wildman–Crippen MR) is 74.4 cm³/mol. The van der Waals surface area contributed by atoms with Crippen LogP contribution in [0.5, 0.6) is 0 Å². The van der Waals surface area contributed by atoms with Gasteiger partial charge in [0, 0.05) is 6.54 Å². The number of hydroxylamine groups is 3. The second kappa shape index (κ2) is 7.41. The SMILES string of the molecule is CONC(=O)c1ccnn1C1=CC2CN(C1)C(=O)N2OS(=O)(=O)[O-].[Na+]. The molecule has 2 bridgehead atoms. The number of hydrogen-bond donors (Lipinski definition) is 1. The summed E-state index contributed by atoms with van der Waals surface area (Å²) in [5.41, 5.74) is 2.75. The molecule has 0 aliphatic carbocycles. The van der Waals surface area contributed by atoms with E-state index >= 15 is 0 Å². The fourth-order valence-corrected chi connectivity index (χ4v) is 2.93. The van der Waals surface area contributed by atoms with E-state index in [2.05, 4.69) is 19.7 Å². The summed E-state index contributed by atoms with van der Waals surface area (Å²) in [6, 6.07) is -0.118. The van der Waals surface area contributed by atoms with Gasteiger partial charge in [-0.3, -0.25) is 9.63 Å². The number of carbonyl (C=O) groups excluding carboxylic acids is 2. The molecule has 1 saturated heterocycles. The first-order valence-corrected chi connectivity index (χ1v) is 7.95. The Morgan fingerprint density at radius 3 is 2.84 bits per heavy atom. The molecular weight excluding hydrogens is 369 g/mol. The van der Waals surface area contributed by atoms with Gasteiger partial charge in [0.2, 0.25) is 10.4 Å². The van der Waals surface area contributed by atoms with Crippen LogP contribution in [0.25, 0.3) is 5.70 Å². The van der Waals surface area contributed by atoms with E-state index in [1.165, 1.54) is 35.0 Å². The fraction of sp³-hybridized carbons (Fsp3) is 0.364. The van der Waals surface area contributed by atoms with Crippen LogP contribution in [0.15, 0.2) is 18.3 Å². The molecule has 1 N–H and O–H groups in total. The molecule has 12 nitrogen and oxygen atoms in total. The van der Waals surface area contributed by atoms with Gasteiger partial charge in [0.1, 0.15) is 11.7 Å². The zero-order valence-electron chi connectivity index (χ0n) is 13.3. The molecule has 1 unspecified atom stereocenters. The van der Waals surface area contributed by atoms with E-state index in [0.29, 0.717) is 10.8 Å². The second-order valence-electron chi connectivity index (χ2n) is 4.96. The maximum absolute atomic E-state index is 12.1. The van der Waals surface area contributed by atoms with E-state index in [9.17, 15) is 22.6 Å².